The number of aliphatic hydroxyl groups excluding tert-OH is 1. The van der Waals surface area contributed by atoms with E-state index < -0.39 is 11.9 Å². The van der Waals surface area contributed by atoms with Gasteiger partial charge in [-0.05, 0) is 31.9 Å². The molecular weight excluding hydrogens is 211 g/mol. The van der Waals surface area contributed by atoms with Gasteiger partial charge in [0.1, 0.15) is 0 Å². The largest absolute Gasteiger partial charge is 0.393 e. The van der Waals surface area contributed by atoms with E-state index in [2.05, 4.69) is 10.3 Å². The Morgan fingerprint density at radius 3 is 3.06 bits per heavy atom. The van der Waals surface area contributed by atoms with Gasteiger partial charge in [-0.3, -0.25) is 4.79 Å². The standard InChI is InChI=1S/C11H15FN2O2/c1-8(15)4-2-7-14-11(16)9-5-3-6-13-10(9)12/h3,5-6,8,15H,2,4,7H2,1H3,(H,14,16). The van der Waals surface area contributed by atoms with Crippen molar-refractivity contribution in [2.45, 2.75) is 25.9 Å². The summed E-state index contributed by atoms with van der Waals surface area (Å²) in [6, 6.07) is 2.89. The molecule has 0 spiro atoms. The molecule has 0 aliphatic carbocycles. The van der Waals surface area contributed by atoms with E-state index >= 15 is 0 Å². The van der Waals surface area contributed by atoms with Gasteiger partial charge in [0, 0.05) is 12.7 Å². The Hall–Kier alpha value is -1.49. The fourth-order valence-corrected chi connectivity index (χ4v) is 1.25. The minimum Gasteiger partial charge on any atom is -0.393 e. The van der Waals surface area contributed by atoms with Crippen LogP contribution in [-0.2, 0) is 0 Å². The maximum absolute atomic E-state index is 13.1. The predicted molar refractivity (Wildman–Crippen MR) is 57.4 cm³/mol. The zero-order chi connectivity index (χ0) is 12.0. The molecule has 1 atom stereocenters. The smallest absolute Gasteiger partial charge is 0.255 e. The number of carbonyl (C=O) groups is 1. The highest BCUT2D eigenvalue weighted by molar-refractivity contribution is 5.94. The van der Waals surface area contributed by atoms with E-state index in [1.165, 1.54) is 18.3 Å². The number of amides is 1. The summed E-state index contributed by atoms with van der Waals surface area (Å²) in [4.78, 5) is 14.8. The van der Waals surface area contributed by atoms with Crippen LogP contribution >= 0.6 is 0 Å². The Labute approximate surface area is 93.5 Å². The van der Waals surface area contributed by atoms with Crippen molar-refractivity contribution >= 4 is 5.91 Å². The Morgan fingerprint density at radius 2 is 2.44 bits per heavy atom. The van der Waals surface area contributed by atoms with E-state index in [9.17, 15) is 9.18 Å². The average Bonchev–Trinajstić information content (AvgIpc) is 2.24. The molecule has 0 radical (unpaired) electrons. The summed E-state index contributed by atoms with van der Waals surface area (Å²) in [5.41, 5.74) is -0.0560. The quantitative estimate of drug-likeness (QED) is 0.584. The molecule has 0 aromatic carbocycles. The number of rotatable bonds is 5. The van der Waals surface area contributed by atoms with Crippen LogP contribution in [0.5, 0.6) is 0 Å². The van der Waals surface area contributed by atoms with Gasteiger partial charge in [0.15, 0.2) is 0 Å². The third kappa shape index (κ3) is 3.94. The van der Waals surface area contributed by atoms with Crippen LogP contribution in [-0.4, -0.2) is 28.6 Å². The number of carbonyl (C=O) groups excluding carboxylic acids is 1. The van der Waals surface area contributed by atoms with Gasteiger partial charge in [-0.15, -0.1) is 0 Å². The third-order valence-corrected chi connectivity index (χ3v) is 2.09. The second kappa shape index (κ2) is 6.17. The van der Waals surface area contributed by atoms with Gasteiger partial charge < -0.3 is 10.4 Å². The fraction of sp³-hybridized carbons (Fsp3) is 0.455. The lowest BCUT2D eigenvalue weighted by Crippen LogP contribution is -2.26. The second-order valence-electron chi connectivity index (χ2n) is 3.59. The van der Waals surface area contributed by atoms with Crippen LogP contribution in [0.25, 0.3) is 0 Å². The number of pyridine rings is 1. The SMILES string of the molecule is CC(O)CCCNC(=O)c1cccnc1F. The number of hydrogen-bond acceptors (Lipinski definition) is 3. The molecule has 0 saturated carbocycles. The van der Waals surface area contributed by atoms with Crippen molar-refractivity contribution in [3.63, 3.8) is 0 Å². The Balaban J connectivity index is 2.39. The van der Waals surface area contributed by atoms with Gasteiger partial charge in [0.2, 0.25) is 5.95 Å². The lowest BCUT2D eigenvalue weighted by Gasteiger charge is -2.06. The molecular formula is C11H15FN2O2. The van der Waals surface area contributed by atoms with Crippen molar-refractivity contribution in [2.75, 3.05) is 6.54 Å². The molecule has 1 heterocycles. The summed E-state index contributed by atoms with van der Waals surface area (Å²) in [7, 11) is 0. The molecule has 5 heteroatoms. The fourth-order valence-electron chi connectivity index (χ4n) is 1.25. The number of hydrogen-bond donors (Lipinski definition) is 2. The molecule has 1 amide bonds. The molecule has 2 N–H and O–H groups in total. The Bertz CT molecular complexity index is 356. The summed E-state index contributed by atoms with van der Waals surface area (Å²) in [5.74, 6) is -1.24. The lowest BCUT2D eigenvalue weighted by molar-refractivity contribution is 0.0944. The number of nitrogens with one attached hydrogen (secondary N) is 1. The zero-order valence-corrected chi connectivity index (χ0v) is 9.11. The van der Waals surface area contributed by atoms with Gasteiger partial charge >= 0.3 is 0 Å². The van der Waals surface area contributed by atoms with Crippen LogP contribution in [0.2, 0.25) is 0 Å². The van der Waals surface area contributed by atoms with Gasteiger partial charge in [0.05, 0.1) is 11.7 Å². The van der Waals surface area contributed by atoms with Crippen LogP contribution < -0.4 is 5.32 Å². The zero-order valence-electron chi connectivity index (χ0n) is 9.11. The topological polar surface area (TPSA) is 62.2 Å². The first-order chi connectivity index (χ1) is 7.61. The molecule has 88 valence electrons. The Morgan fingerprint density at radius 1 is 1.69 bits per heavy atom. The highest BCUT2D eigenvalue weighted by atomic mass is 19.1. The van der Waals surface area contributed by atoms with E-state index in [1.54, 1.807) is 6.92 Å². The van der Waals surface area contributed by atoms with Crippen LogP contribution in [0.15, 0.2) is 18.3 Å². The lowest BCUT2D eigenvalue weighted by atomic mass is 10.2. The second-order valence-corrected chi connectivity index (χ2v) is 3.59. The highest BCUT2D eigenvalue weighted by Crippen LogP contribution is 2.02. The third-order valence-electron chi connectivity index (χ3n) is 2.09. The van der Waals surface area contributed by atoms with E-state index in [1.807, 2.05) is 0 Å². The first-order valence-electron chi connectivity index (χ1n) is 5.18. The van der Waals surface area contributed by atoms with Crippen molar-refractivity contribution < 1.29 is 14.3 Å². The van der Waals surface area contributed by atoms with Crippen LogP contribution in [0.4, 0.5) is 4.39 Å². The molecule has 1 aromatic rings. The molecule has 4 nitrogen and oxygen atoms in total. The molecule has 1 aromatic heterocycles. The summed E-state index contributed by atoms with van der Waals surface area (Å²) in [5, 5.41) is 11.6. The predicted octanol–water partition coefficient (Wildman–Crippen LogP) is 1.11. The average molecular weight is 226 g/mol. The van der Waals surface area contributed by atoms with Crippen molar-refractivity contribution in [1.82, 2.24) is 10.3 Å². The van der Waals surface area contributed by atoms with Crippen LogP contribution in [0.1, 0.15) is 30.1 Å². The van der Waals surface area contributed by atoms with Crippen LogP contribution in [0.3, 0.4) is 0 Å². The van der Waals surface area contributed by atoms with E-state index in [4.69, 9.17) is 5.11 Å². The molecule has 0 aliphatic heterocycles. The molecule has 1 unspecified atom stereocenters. The summed E-state index contributed by atoms with van der Waals surface area (Å²) in [6.07, 6.45) is 2.17. The molecule has 16 heavy (non-hydrogen) atoms. The van der Waals surface area contributed by atoms with Crippen molar-refractivity contribution in [3.05, 3.63) is 29.8 Å². The monoisotopic (exact) mass is 226 g/mol. The molecule has 0 aliphatic rings. The molecule has 1 rings (SSSR count). The maximum atomic E-state index is 13.1. The van der Waals surface area contributed by atoms with Crippen molar-refractivity contribution in [2.24, 2.45) is 0 Å². The number of nitrogens with zero attached hydrogens (tertiary/aromatic N) is 1. The summed E-state index contributed by atoms with van der Waals surface area (Å²) >= 11 is 0. The van der Waals surface area contributed by atoms with Crippen molar-refractivity contribution in [3.8, 4) is 0 Å². The number of aliphatic hydroxyl groups is 1. The maximum Gasteiger partial charge on any atom is 0.255 e. The molecule has 0 bridgehead atoms. The normalized spacial score (nSPS) is 12.2. The van der Waals surface area contributed by atoms with E-state index in [-0.39, 0.29) is 11.7 Å². The molecule has 0 fully saturated rings. The first kappa shape index (κ1) is 12.6. The van der Waals surface area contributed by atoms with Gasteiger partial charge in [-0.25, -0.2) is 4.98 Å². The van der Waals surface area contributed by atoms with E-state index in [0.29, 0.717) is 19.4 Å². The Kier molecular flexibility index (Phi) is 4.85. The van der Waals surface area contributed by atoms with Gasteiger partial charge in [-0.1, -0.05) is 0 Å². The minimum atomic E-state index is -0.768. The van der Waals surface area contributed by atoms with Crippen LogP contribution in [0, 0.1) is 5.95 Å². The summed E-state index contributed by atoms with van der Waals surface area (Å²) < 4.78 is 13.1. The minimum absolute atomic E-state index is 0.0560. The van der Waals surface area contributed by atoms with E-state index in [0.717, 1.165) is 0 Å². The first-order valence-corrected chi connectivity index (χ1v) is 5.18. The number of halogens is 1. The van der Waals surface area contributed by atoms with Gasteiger partial charge in [0.25, 0.3) is 5.91 Å². The highest BCUT2D eigenvalue weighted by Gasteiger charge is 2.10. The number of aromatic nitrogens is 1. The summed E-state index contributed by atoms with van der Waals surface area (Å²) in [6.45, 7) is 2.10. The van der Waals surface area contributed by atoms with Crippen molar-refractivity contribution in [1.29, 1.82) is 0 Å². The van der Waals surface area contributed by atoms with Gasteiger partial charge in [-0.2, -0.15) is 4.39 Å². The molecule has 0 saturated heterocycles.